The van der Waals surface area contributed by atoms with E-state index in [-0.39, 0.29) is 50.7 Å². The van der Waals surface area contributed by atoms with E-state index in [1.165, 1.54) is 52.0 Å². The zero-order chi connectivity index (χ0) is 28.0. The van der Waals surface area contributed by atoms with Crippen LogP contribution in [0.1, 0.15) is 27.7 Å². The number of esters is 3. The van der Waals surface area contributed by atoms with Crippen LogP contribution in [-0.4, -0.2) is 29.3 Å². The third kappa shape index (κ3) is 7.74. The molecule has 2 aromatic carbocycles. The molecule has 1 N–H and O–H groups in total. The molecule has 0 radical (unpaired) electrons. The van der Waals surface area contributed by atoms with Crippen molar-refractivity contribution in [1.82, 2.24) is 0 Å². The fraction of sp³-hybridized carbons (Fsp3) is 0.179. The lowest BCUT2D eigenvalue weighted by atomic mass is 10.0. The van der Waals surface area contributed by atoms with Crippen LogP contribution in [0.3, 0.4) is 0 Å². The van der Waals surface area contributed by atoms with Gasteiger partial charge in [-0.15, -0.1) is 0 Å². The zero-order valence-electron chi connectivity index (χ0n) is 21.0. The Morgan fingerprint density at radius 2 is 1.19 bits per heavy atom. The number of halogens is 1. The number of aliphatic hydroxyl groups excluding tert-OH is 1. The fourth-order valence-electron chi connectivity index (χ4n) is 2.57. The van der Waals surface area contributed by atoms with Crippen molar-refractivity contribution in [2.24, 2.45) is 0 Å². The number of aliphatic hydroxyl groups is 1. The zero-order valence-corrected chi connectivity index (χ0v) is 21.0. The molecule has 0 spiro atoms. The van der Waals surface area contributed by atoms with Gasteiger partial charge in [0.05, 0.1) is 0 Å². The molecule has 194 valence electrons. The number of carbonyl (C=O) groups excluding carboxylic acids is 3. The van der Waals surface area contributed by atoms with Crippen LogP contribution in [0.15, 0.2) is 78.9 Å². The van der Waals surface area contributed by atoms with Crippen molar-refractivity contribution in [1.29, 1.82) is 0 Å². The van der Waals surface area contributed by atoms with Gasteiger partial charge in [-0.25, -0.2) is 18.8 Å². The minimum atomic E-state index is -1.42. The van der Waals surface area contributed by atoms with Crippen molar-refractivity contribution in [3.63, 3.8) is 0 Å². The van der Waals surface area contributed by atoms with Crippen LogP contribution in [0.4, 0.5) is 4.39 Å². The van der Waals surface area contributed by atoms with E-state index in [9.17, 15) is 19.5 Å². The van der Waals surface area contributed by atoms with Crippen LogP contribution >= 0.6 is 0 Å². The van der Waals surface area contributed by atoms with Gasteiger partial charge in [0.2, 0.25) is 6.29 Å². The molecule has 0 heterocycles. The number of carbonyl (C=O) groups is 3. The Balaban J connectivity index is 2.74. The maximum atomic E-state index is 15.6. The molecule has 2 aromatic rings. The molecule has 2 rings (SSSR count). The van der Waals surface area contributed by atoms with E-state index in [0.29, 0.717) is 0 Å². The standard InChI is InChI=1S/C28H27FO8/c1-14(2)25(30)34-19-9-18(10-20(11-19)35-26(31)15(3)4)22-12-21(36-27(32)16(5)6)13-23(24(22)29)37-28(33)17(7)8/h9-13,25,30H,1,3,5,7H2,2,4,6,8H3. The molecule has 0 bridgehead atoms. The smallest absolute Gasteiger partial charge is 0.338 e. The van der Waals surface area contributed by atoms with E-state index in [4.69, 9.17) is 18.9 Å². The molecule has 1 atom stereocenters. The summed E-state index contributed by atoms with van der Waals surface area (Å²) in [6.45, 7) is 19.9. The Labute approximate surface area is 213 Å². The molecule has 0 aliphatic rings. The molecular weight excluding hydrogens is 483 g/mol. The molecule has 0 saturated heterocycles. The van der Waals surface area contributed by atoms with Crippen LogP contribution in [-0.2, 0) is 14.4 Å². The van der Waals surface area contributed by atoms with E-state index in [0.717, 1.165) is 6.07 Å². The summed E-state index contributed by atoms with van der Waals surface area (Å²) in [6.07, 6.45) is -1.42. The molecule has 1 unspecified atom stereocenters. The van der Waals surface area contributed by atoms with E-state index in [2.05, 4.69) is 26.3 Å². The van der Waals surface area contributed by atoms with Crippen LogP contribution in [0.5, 0.6) is 23.0 Å². The third-order valence-electron chi connectivity index (χ3n) is 4.54. The van der Waals surface area contributed by atoms with Gasteiger partial charge in [-0.1, -0.05) is 26.3 Å². The van der Waals surface area contributed by atoms with E-state index >= 15 is 4.39 Å². The Bertz CT molecular complexity index is 1320. The predicted molar refractivity (Wildman–Crippen MR) is 135 cm³/mol. The Kier molecular flexibility index (Phi) is 9.29. The average Bonchev–Trinajstić information content (AvgIpc) is 2.80. The van der Waals surface area contributed by atoms with E-state index in [1.54, 1.807) is 0 Å². The monoisotopic (exact) mass is 510 g/mol. The summed E-state index contributed by atoms with van der Waals surface area (Å²) >= 11 is 0. The van der Waals surface area contributed by atoms with Gasteiger partial charge >= 0.3 is 17.9 Å². The van der Waals surface area contributed by atoms with E-state index in [1.807, 2.05) is 0 Å². The molecule has 0 amide bonds. The Morgan fingerprint density at radius 3 is 1.68 bits per heavy atom. The van der Waals surface area contributed by atoms with Gasteiger partial charge in [-0.05, 0) is 57.0 Å². The van der Waals surface area contributed by atoms with E-state index < -0.39 is 35.8 Å². The Hall–Kier alpha value is -4.50. The normalized spacial score (nSPS) is 11.1. The van der Waals surface area contributed by atoms with Crippen molar-refractivity contribution in [2.45, 2.75) is 34.0 Å². The van der Waals surface area contributed by atoms with Crippen molar-refractivity contribution < 1.29 is 42.8 Å². The van der Waals surface area contributed by atoms with Gasteiger partial charge in [0.25, 0.3) is 0 Å². The third-order valence-corrected chi connectivity index (χ3v) is 4.54. The lowest BCUT2D eigenvalue weighted by molar-refractivity contribution is -0.131. The minimum Gasteiger partial charge on any atom is -0.461 e. The molecular formula is C28H27FO8. The van der Waals surface area contributed by atoms with Crippen molar-refractivity contribution in [2.75, 3.05) is 0 Å². The van der Waals surface area contributed by atoms with Gasteiger partial charge in [0.15, 0.2) is 11.6 Å². The number of benzene rings is 2. The van der Waals surface area contributed by atoms with Gasteiger partial charge in [0, 0.05) is 34.4 Å². The molecule has 0 aliphatic carbocycles. The fourth-order valence-corrected chi connectivity index (χ4v) is 2.57. The Morgan fingerprint density at radius 1 is 0.730 bits per heavy atom. The molecule has 9 heteroatoms. The van der Waals surface area contributed by atoms with Gasteiger partial charge < -0.3 is 24.1 Å². The highest BCUT2D eigenvalue weighted by atomic mass is 19.1. The first kappa shape index (κ1) is 28.7. The summed E-state index contributed by atoms with van der Waals surface area (Å²) in [7, 11) is 0. The number of hydrogen-bond donors (Lipinski definition) is 1. The van der Waals surface area contributed by atoms with Crippen molar-refractivity contribution in [3.8, 4) is 34.1 Å². The maximum absolute atomic E-state index is 15.6. The van der Waals surface area contributed by atoms with Gasteiger partial charge in [-0.2, -0.15) is 0 Å². The first-order valence-electron chi connectivity index (χ1n) is 10.8. The summed E-state index contributed by atoms with van der Waals surface area (Å²) in [5.74, 6) is -4.27. The summed E-state index contributed by atoms with van der Waals surface area (Å²) in [6, 6.07) is 6.12. The number of rotatable bonds is 10. The molecule has 37 heavy (non-hydrogen) atoms. The van der Waals surface area contributed by atoms with Crippen LogP contribution < -0.4 is 18.9 Å². The summed E-state index contributed by atoms with van der Waals surface area (Å²) in [4.78, 5) is 36.3. The first-order valence-corrected chi connectivity index (χ1v) is 10.8. The van der Waals surface area contributed by atoms with Crippen LogP contribution in [0.25, 0.3) is 11.1 Å². The quantitative estimate of drug-likeness (QED) is 0.153. The predicted octanol–water partition coefficient (Wildman–Crippen LogP) is 5.21. The SMILES string of the molecule is C=C(C)C(=O)Oc1cc(OC(O)C(=C)C)cc(-c2cc(OC(=O)C(=C)C)cc(OC(=O)C(=C)C)c2F)c1. The highest BCUT2D eigenvalue weighted by molar-refractivity contribution is 5.91. The lowest BCUT2D eigenvalue weighted by Gasteiger charge is -2.17. The number of ether oxygens (including phenoxy) is 4. The molecule has 0 fully saturated rings. The summed E-state index contributed by atoms with van der Waals surface area (Å²) in [5.41, 5.74) is 0.310. The minimum absolute atomic E-state index is 0.00320. The second kappa shape index (κ2) is 12.0. The van der Waals surface area contributed by atoms with Crippen molar-refractivity contribution >= 4 is 17.9 Å². The lowest BCUT2D eigenvalue weighted by Crippen LogP contribution is -2.16. The molecule has 8 nitrogen and oxygen atoms in total. The molecule has 0 saturated carbocycles. The molecule has 0 aromatic heterocycles. The van der Waals surface area contributed by atoms with Crippen LogP contribution in [0, 0.1) is 5.82 Å². The topological polar surface area (TPSA) is 108 Å². The van der Waals surface area contributed by atoms with Crippen molar-refractivity contribution in [3.05, 3.63) is 84.8 Å². The molecule has 0 aliphatic heterocycles. The maximum Gasteiger partial charge on any atom is 0.338 e. The summed E-state index contributed by atoms with van der Waals surface area (Å²) < 4.78 is 36.7. The average molecular weight is 511 g/mol. The highest BCUT2D eigenvalue weighted by Gasteiger charge is 2.21. The number of hydrogen-bond acceptors (Lipinski definition) is 8. The first-order chi connectivity index (χ1) is 17.2. The highest BCUT2D eigenvalue weighted by Crippen LogP contribution is 2.38. The van der Waals surface area contributed by atoms with Crippen LogP contribution in [0.2, 0.25) is 0 Å². The largest absolute Gasteiger partial charge is 0.461 e. The second-order valence-corrected chi connectivity index (χ2v) is 8.30. The van der Waals surface area contributed by atoms with Gasteiger partial charge in [0.1, 0.15) is 17.2 Å². The second-order valence-electron chi connectivity index (χ2n) is 8.30. The van der Waals surface area contributed by atoms with Gasteiger partial charge in [-0.3, -0.25) is 0 Å². The summed E-state index contributed by atoms with van der Waals surface area (Å²) in [5, 5.41) is 10.1.